The number of hydrogen-bond donors (Lipinski definition) is 1. The van der Waals surface area contributed by atoms with Gasteiger partial charge in [0.15, 0.2) is 0 Å². The van der Waals surface area contributed by atoms with Crippen molar-refractivity contribution in [2.75, 3.05) is 18.0 Å². The van der Waals surface area contributed by atoms with Crippen LogP contribution in [-0.2, 0) is 9.53 Å². The number of aryl methyl sites for hydroxylation is 1. The summed E-state index contributed by atoms with van der Waals surface area (Å²) in [6.07, 6.45) is -4.59. The molecule has 0 spiro atoms. The Kier molecular flexibility index (Phi) is 4.35. The number of cyclic esters (lactones) is 1. The number of amides is 2. The molecule has 1 N–H and O–H groups in total. The molecular weight excluding hydrogens is 289 g/mol. The van der Waals surface area contributed by atoms with Gasteiger partial charge in [0.25, 0.3) is 5.91 Å². The first-order valence-corrected chi connectivity index (χ1v) is 6.18. The zero-order chi connectivity index (χ0) is 15.6. The van der Waals surface area contributed by atoms with Gasteiger partial charge < -0.3 is 10.1 Å². The van der Waals surface area contributed by atoms with Crippen LogP contribution in [0.15, 0.2) is 18.2 Å². The van der Waals surface area contributed by atoms with Crippen molar-refractivity contribution in [2.45, 2.75) is 19.5 Å². The molecule has 21 heavy (non-hydrogen) atoms. The first-order valence-electron chi connectivity index (χ1n) is 6.18. The van der Waals surface area contributed by atoms with Crippen LogP contribution in [0.2, 0.25) is 0 Å². The lowest BCUT2D eigenvalue weighted by Crippen LogP contribution is -2.37. The van der Waals surface area contributed by atoms with E-state index in [1.807, 2.05) is 5.32 Å². The maximum absolute atomic E-state index is 13.5. The number of anilines is 1. The van der Waals surface area contributed by atoms with E-state index in [2.05, 4.69) is 0 Å². The molecule has 1 heterocycles. The molecule has 1 saturated heterocycles. The smallest absolute Gasteiger partial charge is 0.414 e. The molecule has 1 fully saturated rings. The van der Waals surface area contributed by atoms with Gasteiger partial charge in [0.2, 0.25) is 0 Å². The second kappa shape index (κ2) is 6.02. The van der Waals surface area contributed by atoms with Crippen LogP contribution in [0.4, 0.5) is 23.7 Å². The van der Waals surface area contributed by atoms with Crippen molar-refractivity contribution in [1.82, 2.24) is 5.32 Å². The van der Waals surface area contributed by atoms with E-state index in [1.165, 1.54) is 17.0 Å². The number of halogens is 3. The molecule has 8 heteroatoms. The lowest BCUT2D eigenvalue weighted by molar-refractivity contribution is -0.132. The minimum Gasteiger partial charge on any atom is -0.442 e. The summed E-state index contributed by atoms with van der Waals surface area (Å²) in [4.78, 5) is 23.6. The van der Waals surface area contributed by atoms with Crippen molar-refractivity contribution in [3.63, 3.8) is 0 Å². The largest absolute Gasteiger partial charge is 0.442 e. The fourth-order valence-electron chi connectivity index (χ4n) is 1.88. The molecule has 0 radical (unpaired) electrons. The van der Waals surface area contributed by atoms with Crippen LogP contribution < -0.4 is 10.2 Å². The molecule has 1 aliphatic rings. The first-order chi connectivity index (χ1) is 9.88. The molecular formula is C13H13F3N2O3. The Balaban J connectivity index is 1.99. The van der Waals surface area contributed by atoms with E-state index in [1.54, 1.807) is 13.0 Å². The SMILES string of the molecule is Cc1ccc(N2C[C@H](CNC(=O)C(F)F)OC2=O)cc1F. The predicted octanol–water partition coefficient (Wildman–Crippen LogP) is 1.84. The van der Waals surface area contributed by atoms with Gasteiger partial charge in [-0.05, 0) is 24.6 Å². The van der Waals surface area contributed by atoms with Crippen LogP contribution in [0.1, 0.15) is 5.56 Å². The molecule has 1 aromatic carbocycles. The summed E-state index contributed by atoms with van der Waals surface area (Å²) < 4.78 is 42.5. The Labute approximate surface area is 118 Å². The highest BCUT2D eigenvalue weighted by molar-refractivity contribution is 5.89. The van der Waals surface area contributed by atoms with E-state index in [4.69, 9.17) is 4.74 Å². The zero-order valence-corrected chi connectivity index (χ0v) is 11.1. The molecule has 1 aromatic rings. The van der Waals surface area contributed by atoms with Gasteiger partial charge >= 0.3 is 12.5 Å². The first kappa shape index (κ1) is 15.1. The van der Waals surface area contributed by atoms with Gasteiger partial charge in [-0.25, -0.2) is 9.18 Å². The summed E-state index contributed by atoms with van der Waals surface area (Å²) in [5.74, 6) is -1.89. The number of nitrogens with one attached hydrogen (secondary N) is 1. The van der Waals surface area contributed by atoms with Crippen molar-refractivity contribution in [2.24, 2.45) is 0 Å². The average molecular weight is 302 g/mol. The monoisotopic (exact) mass is 302 g/mol. The molecule has 0 saturated carbocycles. The quantitative estimate of drug-likeness (QED) is 0.923. The standard InChI is InChI=1S/C13H13F3N2O3/c1-7-2-3-8(4-10(7)14)18-6-9(21-13(18)20)5-17-12(19)11(15)16/h2-4,9,11H,5-6H2,1H3,(H,17,19)/t9-/m0/s1. The van der Waals surface area contributed by atoms with Gasteiger partial charge in [0.1, 0.15) is 11.9 Å². The van der Waals surface area contributed by atoms with E-state index in [9.17, 15) is 22.8 Å². The Morgan fingerprint density at radius 1 is 1.52 bits per heavy atom. The third-order valence-corrected chi connectivity index (χ3v) is 3.04. The van der Waals surface area contributed by atoms with Gasteiger partial charge in [-0.1, -0.05) is 6.07 Å². The molecule has 0 unspecified atom stereocenters. The summed E-state index contributed by atoms with van der Waals surface area (Å²) >= 11 is 0. The van der Waals surface area contributed by atoms with Gasteiger partial charge in [0.05, 0.1) is 18.8 Å². The summed E-state index contributed by atoms with van der Waals surface area (Å²) in [6, 6.07) is 4.26. The molecule has 2 amide bonds. The van der Waals surface area contributed by atoms with E-state index in [-0.39, 0.29) is 13.1 Å². The highest BCUT2D eigenvalue weighted by Gasteiger charge is 2.33. The van der Waals surface area contributed by atoms with Crippen molar-refractivity contribution in [3.05, 3.63) is 29.6 Å². The Morgan fingerprint density at radius 2 is 2.24 bits per heavy atom. The Hall–Kier alpha value is -2.25. The topological polar surface area (TPSA) is 58.6 Å². The fraction of sp³-hybridized carbons (Fsp3) is 0.385. The Bertz CT molecular complexity index is 566. The number of nitrogens with zero attached hydrogens (tertiary/aromatic N) is 1. The Morgan fingerprint density at radius 3 is 2.86 bits per heavy atom. The molecule has 2 rings (SSSR count). The number of ether oxygens (including phenoxy) is 1. The zero-order valence-electron chi connectivity index (χ0n) is 11.1. The predicted molar refractivity (Wildman–Crippen MR) is 67.8 cm³/mol. The van der Waals surface area contributed by atoms with E-state index >= 15 is 0 Å². The van der Waals surface area contributed by atoms with E-state index in [0.29, 0.717) is 11.3 Å². The van der Waals surface area contributed by atoms with Crippen LogP contribution in [0.3, 0.4) is 0 Å². The minimum atomic E-state index is -3.12. The van der Waals surface area contributed by atoms with E-state index < -0.39 is 30.3 Å². The highest BCUT2D eigenvalue weighted by Crippen LogP contribution is 2.23. The number of hydrogen-bond acceptors (Lipinski definition) is 3. The van der Waals surface area contributed by atoms with Gasteiger partial charge in [-0.15, -0.1) is 0 Å². The van der Waals surface area contributed by atoms with Gasteiger partial charge in [0, 0.05) is 0 Å². The summed E-state index contributed by atoms with van der Waals surface area (Å²) in [6.45, 7) is 1.41. The summed E-state index contributed by atoms with van der Waals surface area (Å²) in [5, 5.41) is 1.97. The van der Waals surface area contributed by atoms with Gasteiger partial charge in [-0.2, -0.15) is 8.78 Å². The van der Waals surface area contributed by atoms with Crippen LogP contribution >= 0.6 is 0 Å². The lowest BCUT2D eigenvalue weighted by Gasteiger charge is -2.13. The van der Waals surface area contributed by atoms with Crippen molar-refractivity contribution < 1.29 is 27.5 Å². The fourth-order valence-corrected chi connectivity index (χ4v) is 1.88. The average Bonchev–Trinajstić information content (AvgIpc) is 2.80. The number of carbonyl (C=O) groups is 2. The highest BCUT2D eigenvalue weighted by atomic mass is 19.3. The maximum Gasteiger partial charge on any atom is 0.414 e. The van der Waals surface area contributed by atoms with Crippen LogP contribution in [-0.4, -0.2) is 37.6 Å². The second-order valence-electron chi connectivity index (χ2n) is 4.60. The van der Waals surface area contributed by atoms with E-state index in [0.717, 1.165) is 0 Å². The minimum absolute atomic E-state index is 0.0465. The molecule has 0 aliphatic carbocycles. The number of rotatable bonds is 4. The normalized spacial score (nSPS) is 18.0. The van der Waals surface area contributed by atoms with Crippen molar-refractivity contribution >= 4 is 17.7 Å². The van der Waals surface area contributed by atoms with Crippen LogP contribution in [0.5, 0.6) is 0 Å². The third-order valence-electron chi connectivity index (χ3n) is 3.04. The van der Waals surface area contributed by atoms with Gasteiger partial charge in [-0.3, -0.25) is 9.69 Å². The second-order valence-corrected chi connectivity index (χ2v) is 4.60. The molecule has 5 nitrogen and oxygen atoms in total. The molecule has 1 aliphatic heterocycles. The molecule has 1 atom stereocenters. The number of benzene rings is 1. The van der Waals surface area contributed by atoms with Crippen LogP contribution in [0, 0.1) is 12.7 Å². The number of alkyl halides is 2. The molecule has 114 valence electrons. The molecule has 0 aromatic heterocycles. The lowest BCUT2D eigenvalue weighted by atomic mass is 10.2. The number of carbonyl (C=O) groups excluding carboxylic acids is 2. The van der Waals surface area contributed by atoms with Crippen LogP contribution in [0.25, 0.3) is 0 Å². The van der Waals surface area contributed by atoms with Crippen molar-refractivity contribution in [3.8, 4) is 0 Å². The summed E-state index contributed by atoms with van der Waals surface area (Å²) in [5.41, 5.74) is 0.748. The van der Waals surface area contributed by atoms with Crippen molar-refractivity contribution in [1.29, 1.82) is 0 Å². The molecule has 0 bridgehead atoms. The maximum atomic E-state index is 13.5. The third kappa shape index (κ3) is 3.45. The summed E-state index contributed by atoms with van der Waals surface area (Å²) in [7, 11) is 0.